The van der Waals surface area contributed by atoms with Gasteiger partial charge in [0.2, 0.25) is 0 Å². The topological polar surface area (TPSA) is 29.9 Å². The molecule has 3 nitrogen and oxygen atoms in total. The van der Waals surface area contributed by atoms with Crippen LogP contribution in [0.25, 0.3) is 0 Å². The van der Waals surface area contributed by atoms with E-state index in [-0.39, 0.29) is 6.04 Å². The van der Waals surface area contributed by atoms with Crippen molar-refractivity contribution in [3.8, 4) is 0 Å². The number of hydrogen-bond donors (Lipinski definition) is 1. The van der Waals surface area contributed by atoms with Gasteiger partial charge in [0, 0.05) is 33.0 Å². The minimum Gasteiger partial charge on any atom is -0.306 e. The normalized spacial score (nSPS) is 12.8. The van der Waals surface area contributed by atoms with Gasteiger partial charge < -0.3 is 5.32 Å². The van der Waals surface area contributed by atoms with Crippen molar-refractivity contribution in [2.24, 2.45) is 0 Å². The van der Waals surface area contributed by atoms with Crippen LogP contribution in [0.2, 0.25) is 0 Å². The minimum atomic E-state index is 0.251. The van der Waals surface area contributed by atoms with E-state index in [9.17, 15) is 0 Å². The van der Waals surface area contributed by atoms with Crippen molar-refractivity contribution in [2.75, 3.05) is 6.54 Å². The van der Waals surface area contributed by atoms with Crippen molar-refractivity contribution in [2.45, 2.75) is 32.9 Å². The van der Waals surface area contributed by atoms with Gasteiger partial charge in [0.1, 0.15) is 0 Å². The van der Waals surface area contributed by atoms with Gasteiger partial charge in [0.25, 0.3) is 0 Å². The van der Waals surface area contributed by atoms with Crippen LogP contribution >= 0.6 is 27.3 Å². The first kappa shape index (κ1) is 13.8. The fourth-order valence-corrected chi connectivity index (χ4v) is 3.40. The van der Waals surface area contributed by atoms with Gasteiger partial charge in [-0.1, -0.05) is 6.92 Å². The first-order valence-electron chi connectivity index (χ1n) is 6.24. The summed E-state index contributed by atoms with van der Waals surface area (Å²) < 4.78 is 3.12. The number of halogens is 1. The van der Waals surface area contributed by atoms with Gasteiger partial charge in [-0.2, -0.15) is 5.10 Å². The molecule has 1 N–H and O–H groups in total. The lowest BCUT2D eigenvalue weighted by Crippen LogP contribution is -2.22. The second kappa shape index (κ2) is 6.50. The molecule has 2 rings (SSSR count). The molecular formula is C13H18BrN3S. The highest BCUT2D eigenvalue weighted by molar-refractivity contribution is 9.10. The van der Waals surface area contributed by atoms with Crippen molar-refractivity contribution in [1.29, 1.82) is 0 Å². The van der Waals surface area contributed by atoms with E-state index in [0.29, 0.717) is 0 Å². The van der Waals surface area contributed by atoms with E-state index in [2.05, 4.69) is 57.8 Å². The van der Waals surface area contributed by atoms with Crippen LogP contribution in [0.3, 0.4) is 0 Å². The molecule has 2 heterocycles. The molecule has 0 aliphatic carbocycles. The van der Waals surface area contributed by atoms with Gasteiger partial charge in [-0.3, -0.25) is 4.68 Å². The third-order valence-electron chi connectivity index (χ3n) is 2.78. The predicted molar refractivity (Wildman–Crippen MR) is 80.1 cm³/mol. The molecule has 2 aromatic rings. The van der Waals surface area contributed by atoms with Crippen LogP contribution in [0, 0.1) is 0 Å². The Hall–Kier alpha value is -0.650. The van der Waals surface area contributed by atoms with E-state index in [4.69, 9.17) is 0 Å². The van der Waals surface area contributed by atoms with Crippen molar-refractivity contribution in [3.63, 3.8) is 0 Å². The first-order chi connectivity index (χ1) is 8.74. The number of nitrogens with zero attached hydrogens (tertiary/aromatic N) is 2. The molecule has 1 atom stereocenters. The molecule has 98 valence electrons. The first-order valence-corrected chi connectivity index (χ1v) is 7.91. The zero-order chi connectivity index (χ0) is 13.0. The monoisotopic (exact) mass is 327 g/mol. The maximum Gasteiger partial charge on any atom is 0.0702 e. The zero-order valence-electron chi connectivity index (χ0n) is 10.7. The van der Waals surface area contributed by atoms with Gasteiger partial charge in [-0.05, 0) is 41.9 Å². The lowest BCUT2D eigenvalue weighted by atomic mass is 10.1. The maximum absolute atomic E-state index is 4.37. The van der Waals surface area contributed by atoms with Crippen LogP contribution in [0.4, 0.5) is 0 Å². The van der Waals surface area contributed by atoms with Crippen LogP contribution in [-0.4, -0.2) is 16.3 Å². The second-order valence-corrected chi connectivity index (χ2v) is 6.04. The summed E-state index contributed by atoms with van der Waals surface area (Å²) in [4.78, 5) is 1.32. The lowest BCUT2D eigenvalue weighted by molar-refractivity contribution is 0.603. The maximum atomic E-state index is 4.37. The third kappa shape index (κ3) is 3.22. The zero-order valence-corrected chi connectivity index (χ0v) is 13.1. The van der Waals surface area contributed by atoms with E-state index < -0.39 is 0 Å². The highest BCUT2D eigenvalue weighted by Gasteiger charge is 2.16. The van der Waals surface area contributed by atoms with Gasteiger partial charge in [0.15, 0.2) is 0 Å². The number of aryl methyl sites for hydroxylation is 1. The van der Waals surface area contributed by atoms with Gasteiger partial charge in [-0.25, -0.2) is 0 Å². The third-order valence-corrected chi connectivity index (χ3v) is 4.54. The Morgan fingerprint density at radius 1 is 1.50 bits per heavy atom. The highest BCUT2D eigenvalue weighted by atomic mass is 79.9. The molecule has 18 heavy (non-hydrogen) atoms. The molecule has 0 saturated heterocycles. The molecule has 5 heteroatoms. The average molecular weight is 328 g/mol. The van der Waals surface area contributed by atoms with E-state index in [0.717, 1.165) is 24.0 Å². The summed E-state index contributed by atoms with van der Waals surface area (Å²) in [6.45, 7) is 6.21. The number of thiophene rings is 1. The number of aromatic nitrogens is 2. The Bertz CT molecular complexity index is 492. The lowest BCUT2D eigenvalue weighted by Gasteiger charge is -2.15. The molecule has 0 aliphatic rings. The summed E-state index contributed by atoms with van der Waals surface area (Å²) in [6, 6.07) is 2.43. The molecule has 1 unspecified atom stereocenters. The SMILES string of the molecule is CCCNC(c1cnn(CC)c1)c1cc(Br)cs1. The van der Waals surface area contributed by atoms with Crippen LogP contribution in [0.15, 0.2) is 28.3 Å². The molecule has 0 spiro atoms. The van der Waals surface area contributed by atoms with Crippen molar-refractivity contribution in [1.82, 2.24) is 15.1 Å². The van der Waals surface area contributed by atoms with Crippen LogP contribution in [0.1, 0.15) is 36.8 Å². The molecule has 0 aliphatic heterocycles. The smallest absolute Gasteiger partial charge is 0.0702 e. The minimum absolute atomic E-state index is 0.251. The fraction of sp³-hybridized carbons (Fsp3) is 0.462. The van der Waals surface area contributed by atoms with E-state index >= 15 is 0 Å². The van der Waals surface area contributed by atoms with Crippen LogP contribution < -0.4 is 5.32 Å². The largest absolute Gasteiger partial charge is 0.306 e. The quantitative estimate of drug-likeness (QED) is 0.874. The Kier molecular flexibility index (Phi) is 4.97. The Labute approximate surface area is 120 Å². The average Bonchev–Trinajstić information content (AvgIpc) is 2.99. The molecule has 0 saturated carbocycles. The Morgan fingerprint density at radius 2 is 2.33 bits per heavy atom. The number of nitrogens with one attached hydrogen (secondary N) is 1. The molecule has 2 aromatic heterocycles. The Morgan fingerprint density at radius 3 is 2.89 bits per heavy atom. The second-order valence-electron chi connectivity index (χ2n) is 4.18. The van der Waals surface area contributed by atoms with Crippen molar-refractivity contribution in [3.05, 3.63) is 38.8 Å². The highest BCUT2D eigenvalue weighted by Crippen LogP contribution is 2.29. The molecular weight excluding hydrogens is 310 g/mol. The summed E-state index contributed by atoms with van der Waals surface area (Å²) in [6.07, 6.45) is 5.22. The van der Waals surface area contributed by atoms with Crippen molar-refractivity contribution < 1.29 is 0 Å². The van der Waals surface area contributed by atoms with Crippen LogP contribution in [-0.2, 0) is 6.54 Å². The summed E-state index contributed by atoms with van der Waals surface area (Å²) in [7, 11) is 0. The van der Waals surface area contributed by atoms with E-state index in [1.54, 1.807) is 11.3 Å². The molecule has 0 fully saturated rings. The molecule has 0 radical (unpaired) electrons. The number of rotatable bonds is 6. The fourth-order valence-electron chi connectivity index (χ4n) is 1.85. The Balaban J connectivity index is 2.24. The van der Waals surface area contributed by atoms with Crippen LogP contribution in [0.5, 0.6) is 0 Å². The molecule has 0 amide bonds. The van der Waals surface area contributed by atoms with E-state index in [1.807, 2.05) is 10.9 Å². The summed E-state index contributed by atoms with van der Waals surface area (Å²) >= 11 is 5.30. The molecule has 0 bridgehead atoms. The summed E-state index contributed by atoms with van der Waals surface area (Å²) in [5.74, 6) is 0. The molecule has 0 aromatic carbocycles. The standard InChI is InChI=1S/C13H18BrN3S/c1-3-5-15-13(12-6-11(14)9-18-12)10-7-16-17(4-2)8-10/h6-9,13,15H,3-5H2,1-2H3. The van der Waals surface area contributed by atoms with Gasteiger partial charge in [0.05, 0.1) is 12.2 Å². The summed E-state index contributed by atoms with van der Waals surface area (Å²) in [5, 5.41) is 10.1. The predicted octanol–water partition coefficient (Wildman–Crippen LogP) is 3.82. The van der Waals surface area contributed by atoms with Crippen molar-refractivity contribution >= 4 is 27.3 Å². The number of hydrogen-bond acceptors (Lipinski definition) is 3. The van der Waals surface area contributed by atoms with Gasteiger partial charge in [-0.15, -0.1) is 11.3 Å². The van der Waals surface area contributed by atoms with E-state index in [1.165, 1.54) is 10.4 Å². The summed E-state index contributed by atoms with van der Waals surface area (Å²) in [5.41, 5.74) is 1.24. The van der Waals surface area contributed by atoms with Gasteiger partial charge >= 0.3 is 0 Å².